The lowest BCUT2D eigenvalue weighted by atomic mass is 9.82. The Morgan fingerprint density at radius 1 is 0.875 bits per heavy atom. The van der Waals surface area contributed by atoms with Gasteiger partial charge in [-0.1, -0.05) is 49.6 Å². The Kier molecular flexibility index (Phi) is 6.71. The Labute approximate surface area is 146 Å². The molecular weight excluding hydrogens is 296 g/mol. The Balaban J connectivity index is 1.30. The number of hydrogen-bond donors (Lipinski definition) is 2. The first-order chi connectivity index (χ1) is 11.8. The monoisotopic (exact) mass is 328 g/mol. The number of rotatable bonds is 6. The molecule has 0 spiro atoms. The molecule has 1 aromatic carbocycles. The van der Waals surface area contributed by atoms with Gasteiger partial charge in [-0.3, -0.25) is 4.79 Å². The van der Waals surface area contributed by atoms with Crippen LogP contribution in [0.25, 0.3) is 0 Å². The summed E-state index contributed by atoms with van der Waals surface area (Å²) in [6.45, 7) is 0.819. The van der Waals surface area contributed by atoms with Crippen molar-refractivity contribution in [3.63, 3.8) is 0 Å². The van der Waals surface area contributed by atoms with Gasteiger partial charge < -0.3 is 10.6 Å². The molecule has 2 aliphatic rings. The molecule has 2 fully saturated rings. The molecule has 1 aromatic rings. The van der Waals surface area contributed by atoms with Crippen LogP contribution in [-0.2, 0) is 4.79 Å². The fourth-order valence-corrected chi connectivity index (χ4v) is 4.29. The molecule has 0 unspecified atom stereocenters. The van der Waals surface area contributed by atoms with Crippen LogP contribution in [0.1, 0.15) is 75.7 Å². The molecule has 2 saturated carbocycles. The molecule has 3 nitrogen and oxygen atoms in total. The predicted octanol–water partition coefficient (Wildman–Crippen LogP) is 4.14. The van der Waals surface area contributed by atoms with Crippen LogP contribution in [-0.4, -0.2) is 24.5 Å². The zero-order chi connectivity index (χ0) is 16.6. The van der Waals surface area contributed by atoms with Crippen molar-refractivity contribution in [2.75, 3.05) is 6.54 Å². The van der Waals surface area contributed by atoms with Crippen molar-refractivity contribution in [2.45, 2.75) is 82.2 Å². The molecular formula is C21H32N2O. The van der Waals surface area contributed by atoms with Gasteiger partial charge in [-0.25, -0.2) is 0 Å². The maximum absolute atomic E-state index is 12.0. The van der Waals surface area contributed by atoms with E-state index in [0.717, 1.165) is 12.5 Å². The van der Waals surface area contributed by atoms with Gasteiger partial charge in [0.05, 0.1) is 0 Å². The second-order valence-corrected chi connectivity index (χ2v) is 7.57. The third kappa shape index (κ3) is 5.34. The number of carbonyl (C=O) groups excluding carboxylic acids is 1. The summed E-state index contributed by atoms with van der Waals surface area (Å²) >= 11 is 0. The third-order valence-electron chi connectivity index (χ3n) is 5.75. The molecule has 0 radical (unpaired) electrons. The van der Waals surface area contributed by atoms with Gasteiger partial charge in [-0.2, -0.15) is 0 Å². The smallest absolute Gasteiger partial charge is 0.221 e. The van der Waals surface area contributed by atoms with E-state index in [1.54, 1.807) is 0 Å². The highest BCUT2D eigenvalue weighted by atomic mass is 16.1. The van der Waals surface area contributed by atoms with Gasteiger partial charge in [0.15, 0.2) is 0 Å². The maximum atomic E-state index is 12.0. The molecule has 2 N–H and O–H groups in total. The Morgan fingerprint density at radius 3 is 2.29 bits per heavy atom. The topological polar surface area (TPSA) is 41.1 Å². The minimum atomic E-state index is 0.229. The van der Waals surface area contributed by atoms with Gasteiger partial charge in [0, 0.05) is 25.0 Å². The van der Waals surface area contributed by atoms with Crippen molar-refractivity contribution >= 4 is 5.91 Å². The summed E-state index contributed by atoms with van der Waals surface area (Å²) in [6.07, 6.45) is 11.8. The largest absolute Gasteiger partial charge is 0.353 e. The average molecular weight is 329 g/mol. The number of hydrogen-bond acceptors (Lipinski definition) is 2. The van der Waals surface area contributed by atoms with E-state index in [1.807, 2.05) is 0 Å². The van der Waals surface area contributed by atoms with E-state index in [9.17, 15) is 4.79 Å². The molecule has 0 aromatic heterocycles. The fraction of sp³-hybridized carbons (Fsp3) is 0.667. The zero-order valence-electron chi connectivity index (χ0n) is 14.8. The summed E-state index contributed by atoms with van der Waals surface area (Å²) in [4.78, 5) is 12.0. The Hall–Kier alpha value is -1.35. The lowest BCUT2D eigenvalue weighted by Crippen LogP contribution is -2.39. The summed E-state index contributed by atoms with van der Waals surface area (Å²) in [5, 5.41) is 6.81. The van der Waals surface area contributed by atoms with E-state index in [1.165, 1.54) is 63.4 Å². The van der Waals surface area contributed by atoms with Crippen LogP contribution in [0.3, 0.4) is 0 Å². The van der Waals surface area contributed by atoms with E-state index in [2.05, 4.69) is 41.0 Å². The first-order valence-electron chi connectivity index (χ1n) is 9.89. The number of carbonyl (C=O) groups is 1. The SMILES string of the molecule is O=C(CCNC1CCC(c2ccccc2)CC1)NC1CCCCC1. The summed E-state index contributed by atoms with van der Waals surface area (Å²) in [6, 6.07) is 11.9. The molecule has 0 saturated heterocycles. The van der Waals surface area contributed by atoms with Crippen molar-refractivity contribution in [2.24, 2.45) is 0 Å². The second kappa shape index (κ2) is 9.22. The van der Waals surface area contributed by atoms with Crippen LogP contribution >= 0.6 is 0 Å². The summed E-state index contributed by atoms with van der Waals surface area (Å²) in [5.74, 6) is 0.950. The highest BCUT2D eigenvalue weighted by Gasteiger charge is 2.22. The van der Waals surface area contributed by atoms with Gasteiger partial charge in [-0.05, 0) is 50.0 Å². The lowest BCUT2D eigenvalue weighted by molar-refractivity contribution is -0.121. The lowest BCUT2D eigenvalue weighted by Gasteiger charge is -2.29. The minimum Gasteiger partial charge on any atom is -0.353 e. The van der Waals surface area contributed by atoms with Crippen molar-refractivity contribution in [1.29, 1.82) is 0 Å². The predicted molar refractivity (Wildman–Crippen MR) is 99.1 cm³/mol. The fourth-order valence-electron chi connectivity index (χ4n) is 4.29. The quantitative estimate of drug-likeness (QED) is 0.824. The van der Waals surface area contributed by atoms with Gasteiger partial charge in [-0.15, -0.1) is 0 Å². The minimum absolute atomic E-state index is 0.229. The van der Waals surface area contributed by atoms with Crippen LogP contribution in [0.5, 0.6) is 0 Å². The summed E-state index contributed by atoms with van der Waals surface area (Å²) in [7, 11) is 0. The van der Waals surface area contributed by atoms with E-state index in [-0.39, 0.29) is 5.91 Å². The summed E-state index contributed by atoms with van der Waals surface area (Å²) < 4.78 is 0. The van der Waals surface area contributed by atoms with Crippen LogP contribution in [0.4, 0.5) is 0 Å². The molecule has 132 valence electrons. The molecule has 0 bridgehead atoms. The molecule has 0 atom stereocenters. The van der Waals surface area contributed by atoms with Crippen molar-refractivity contribution < 1.29 is 4.79 Å². The maximum Gasteiger partial charge on any atom is 0.221 e. The number of amides is 1. The molecule has 24 heavy (non-hydrogen) atoms. The molecule has 2 aliphatic carbocycles. The van der Waals surface area contributed by atoms with Crippen LogP contribution in [0.2, 0.25) is 0 Å². The van der Waals surface area contributed by atoms with Gasteiger partial charge in [0.1, 0.15) is 0 Å². The second-order valence-electron chi connectivity index (χ2n) is 7.57. The van der Waals surface area contributed by atoms with Crippen molar-refractivity contribution in [3.05, 3.63) is 35.9 Å². The van der Waals surface area contributed by atoms with Gasteiger partial charge >= 0.3 is 0 Å². The van der Waals surface area contributed by atoms with Gasteiger partial charge in [0.2, 0.25) is 5.91 Å². The van der Waals surface area contributed by atoms with Gasteiger partial charge in [0.25, 0.3) is 0 Å². The highest BCUT2D eigenvalue weighted by molar-refractivity contribution is 5.76. The van der Waals surface area contributed by atoms with E-state index in [4.69, 9.17) is 0 Å². The number of nitrogens with one attached hydrogen (secondary N) is 2. The highest BCUT2D eigenvalue weighted by Crippen LogP contribution is 2.32. The normalized spacial score (nSPS) is 25.3. The molecule has 3 rings (SSSR count). The molecule has 0 heterocycles. The average Bonchev–Trinajstić information content (AvgIpc) is 2.64. The molecule has 1 amide bonds. The number of benzene rings is 1. The van der Waals surface area contributed by atoms with Crippen LogP contribution in [0, 0.1) is 0 Å². The summed E-state index contributed by atoms with van der Waals surface area (Å²) in [5.41, 5.74) is 1.49. The zero-order valence-corrected chi connectivity index (χ0v) is 14.8. The van der Waals surface area contributed by atoms with Crippen LogP contribution < -0.4 is 10.6 Å². The Morgan fingerprint density at radius 2 is 1.58 bits per heavy atom. The third-order valence-corrected chi connectivity index (χ3v) is 5.75. The molecule has 3 heteroatoms. The van der Waals surface area contributed by atoms with E-state index >= 15 is 0 Å². The van der Waals surface area contributed by atoms with Crippen LogP contribution in [0.15, 0.2) is 30.3 Å². The van der Waals surface area contributed by atoms with E-state index < -0.39 is 0 Å². The first kappa shape index (κ1) is 17.5. The van der Waals surface area contributed by atoms with Crippen molar-refractivity contribution in [1.82, 2.24) is 10.6 Å². The molecule has 0 aliphatic heterocycles. The van der Waals surface area contributed by atoms with Crippen molar-refractivity contribution in [3.8, 4) is 0 Å². The first-order valence-corrected chi connectivity index (χ1v) is 9.89. The Bertz CT molecular complexity index is 488. The standard InChI is InChI=1S/C21H32N2O/c24-21(23-20-9-5-2-6-10-20)15-16-22-19-13-11-18(12-14-19)17-7-3-1-4-8-17/h1,3-4,7-8,18-20,22H,2,5-6,9-16H2,(H,23,24). The van der Waals surface area contributed by atoms with E-state index in [0.29, 0.717) is 18.5 Å².